The van der Waals surface area contributed by atoms with Crippen LogP contribution in [-0.2, 0) is 0 Å². The predicted molar refractivity (Wildman–Crippen MR) is 183 cm³/mol. The molecule has 0 heterocycles. The van der Waals surface area contributed by atoms with Crippen LogP contribution in [0.1, 0.15) is 84.1 Å². The Morgan fingerprint density at radius 2 is 0.860 bits per heavy atom. The molecule has 5 nitrogen and oxygen atoms in total. The molecule has 0 amide bonds. The van der Waals surface area contributed by atoms with Crippen LogP contribution in [0.5, 0.6) is 0 Å². The fraction of sp³-hybridized carbons (Fsp3) is 0.368. The maximum Gasteiger partial charge on any atom is 0.0858 e. The van der Waals surface area contributed by atoms with Crippen molar-refractivity contribution in [2.24, 2.45) is 20.5 Å². The lowest BCUT2D eigenvalue weighted by molar-refractivity contribution is 0.624. The first-order valence-corrected chi connectivity index (χ1v) is 16.1. The van der Waals surface area contributed by atoms with Crippen LogP contribution < -0.4 is 4.90 Å². The lowest BCUT2D eigenvalue weighted by Gasteiger charge is -2.24. The second kappa shape index (κ2) is 17.1. The van der Waals surface area contributed by atoms with Gasteiger partial charge in [0.15, 0.2) is 0 Å². The molecule has 5 heteroatoms. The van der Waals surface area contributed by atoms with Crippen molar-refractivity contribution in [3.63, 3.8) is 0 Å². The zero-order valence-electron chi connectivity index (χ0n) is 26.4. The highest BCUT2D eigenvalue weighted by Gasteiger charge is 2.07. The first-order valence-electron chi connectivity index (χ1n) is 16.1. The van der Waals surface area contributed by atoms with Crippen LogP contribution in [0.15, 0.2) is 118 Å². The molecule has 0 aliphatic carbocycles. The van der Waals surface area contributed by atoms with Crippen molar-refractivity contribution >= 4 is 28.4 Å². The van der Waals surface area contributed by atoms with Crippen LogP contribution in [0, 0.1) is 0 Å². The maximum atomic E-state index is 4.47. The molecule has 4 rings (SSSR count). The average Bonchev–Trinajstić information content (AvgIpc) is 3.06. The third-order valence-electron chi connectivity index (χ3n) is 7.86. The fourth-order valence-corrected chi connectivity index (χ4v) is 5.02. The van der Waals surface area contributed by atoms with E-state index in [2.05, 4.69) is 126 Å². The smallest absolute Gasteiger partial charge is 0.0858 e. The Kier molecular flexibility index (Phi) is 12.7. The lowest BCUT2D eigenvalue weighted by Crippen LogP contribution is -2.25. The molecule has 1 unspecified atom stereocenters. The summed E-state index contributed by atoms with van der Waals surface area (Å²) in [5, 5.41) is 17.8. The summed E-state index contributed by atoms with van der Waals surface area (Å²) in [5.41, 5.74) is 8.27. The quantitative estimate of drug-likeness (QED) is 0.123. The maximum absolute atomic E-state index is 4.47. The summed E-state index contributed by atoms with van der Waals surface area (Å²) >= 11 is 0. The van der Waals surface area contributed by atoms with E-state index >= 15 is 0 Å². The van der Waals surface area contributed by atoms with E-state index in [1.165, 1.54) is 56.2 Å². The summed E-state index contributed by atoms with van der Waals surface area (Å²) in [7, 11) is 0. The van der Waals surface area contributed by atoms with Crippen molar-refractivity contribution in [3.8, 4) is 11.1 Å². The molecule has 0 N–H and O–H groups in total. The van der Waals surface area contributed by atoms with E-state index < -0.39 is 0 Å². The molecule has 43 heavy (non-hydrogen) atoms. The first-order chi connectivity index (χ1) is 21.1. The van der Waals surface area contributed by atoms with Crippen LogP contribution >= 0.6 is 0 Å². The van der Waals surface area contributed by atoms with Gasteiger partial charge in [0, 0.05) is 18.8 Å². The van der Waals surface area contributed by atoms with Crippen molar-refractivity contribution in [3.05, 3.63) is 103 Å². The van der Waals surface area contributed by atoms with E-state index in [9.17, 15) is 0 Å². The van der Waals surface area contributed by atoms with E-state index in [1.54, 1.807) is 0 Å². The van der Waals surface area contributed by atoms with E-state index in [0.29, 0.717) is 5.92 Å². The molecule has 4 aromatic carbocycles. The van der Waals surface area contributed by atoms with Crippen molar-refractivity contribution in [1.82, 2.24) is 0 Å². The second-order valence-electron chi connectivity index (χ2n) is 11.3. The number of hydrogen-bond donors (Lipinski definition) is 0. The van der Waals surface area contributed by atoms with Crippen molar-refractivity contribution in [2.45, 2.75) is 78.6 Å². The average molecular weight is 574 g/mol. The Morgan fingerprint density at radius 3 is 1.26 bits per heavy atom. The van der Waals surface area contributed by atoms with Gasteiger partial charge >= 0.3 is 0 Å². The number of anilines is 1. The van der Waals surface area contributed by atoms with Gasteiger partial charge in [0.25, 0.3) is 0 Å². The molecule has 0 saturated carbocycles. The molecule has 0 aliphatic heterocycles. The molecule has 0 spiro atoms. The number of nitrogens with zero attached hydrogens (tertiary/aromatic N) is 5. The number of hydrogen-bond acceptors (Lipinski definition) is 5. The van der Waals surface area contributed by atoms with Gasteiger partial charge in [-0.1, -0.05) is 89.8 Å². The molecule has 1 atom stereocenters. The zero-order valence-corrected chi connectivity index (χ0v) is 26.4. The predicted octanol–water partition coefficient (Wildman–Crippen LogP) is 12.9. The van der Waals surface area contributed by atoms with Crippen LogP contribution in [0.3, 0.4) is 0 Å². The van der Waals surface area contributed by atoms with E-state index in [0.717, 1.165) is 47.0 Å². The van der Waals surface area contributed by atoms with Crippen molar-refractivity contribution in [1.29, 1.82) is 0 Å². The Balaban J connectivity index is 1.32. The number of rotatable bonds is 16. The molecule has 0 aromatic heterocycles. The molecule has 4 aromatic rings. The third-order valence-corrected chi connectivity index (χ3v) is 7.86. The second-order valence-corrected chi connectivity index (χ2v) is 11.3. The number of benzene rings is 4. The lowest BCUT2D eigenvalue weighted by atomic mass is 9.95. The largest absolute Gasteiger partial charge is 0.372 e. The minimum absolute atomic E-state index is 0.579. The van der Waals surface area contributed by atoms with Gasteiger partial charge in [0.05, 0.1) is 22.7 Å². The van der Waals surface area contributed by atoms with Gasteiger partial charge in [0.1, 0.15) is 0 Å². The molecular weight excluding hydrogens is 526 g/mol. The van der Waals surface area contributed by atoms with Crippen LogP contribution in [0.25, 0.3) is 11.1 Å². The Bertz CT molecular complexity index is 1400. The van der Waals surface area contributed by atoms with Crippen molar-refractivity contribution < 1.29 is 0 Å². The fourth-order valence-electron chi connectivity index (χ4n) is 5.02. The van der Waals surface area contributed by atoms with E-state index in [4.69, 9.17) is 0 Å². The normalized spacial score (nSPS) is 12.3. The summed E-state index contributed by atoms with van der Waals surface area (Å²) in [4.78, 5) is 2.48. The third kappa shape index (κ3) is 9.99. The Labute approximate surface area is 258 Å². The monoisotopic (exact) mass is 573 g/mol. The van der Waals surface area contributed by atoms with E-state index in [-0.39, 0.29) is 0 Å². The highest BCUT2D eigenvalue weighted by atomic mass is 15.1. The highest BCUT2D eigenvalue weighted by molar-refractivity contribution is 5.67. The van der Waals surface area contributed by atoms with Gasteiger partial charge in [-0.3, -0.25) is 0 Å². The molecule has 0 bridgehead atoms. The molecule has 224 valence electrons. The van der Waals surface area contributed by atoms with Gasteiger partial charge in [-0.15, -0.1) is 0 Å². The highest BCUT2D eigenvalue weighted by Crippen LogP contribution is 2.28. The summed E-state index contributed by atoms with van der Waals surface area (Å²) in [5.74, 6) is 0.579. The van der Waals surface area contributed by atoms with Crippen LogP contribution in [-0.4, -0.2) is 13.1 Å². The minimum atomic E-state index is 0.579. The van der Waals surface area contributed by atoms with Crippen LogP contribution in [0.4, 0.5) is 28.4 Å². The van der Waals surface area contributed by atoms with E-state index in [1.807, 2.05) is 24.3 Å². The van der Waals surface area contributed by atoms with Gasteiger partial charge in [0.2, 0.25) is 0 Å². The van der Waals surface area contributed by atoms with Gasteiger partial charge in [-0.25, -0.2) is 0 Å². The summed E-state index contributed by atoms with van der Waals surface area (Å²) < 4.78 is 0. The van der Waals surface area contributed by atoms with Crippen molar-refractivity contribution in [2.75, 3.05) is 18.0 Å². The van der Waals surface area contributed by atoms with Crippen LogP contribution in [0.2, 0.25) is 0 Å². The summed E-state index contributed by atoms with van der Waals surface area (Å²) in [6.45, 7) is 11.2. The molecule has 0 aliphatic rings. The van der Waals surface area contributed by atoms with Gasteiger partial charge in [-0.2, -0.15) is 20.5 Å². The van der Waals surface area contributed by atoms with Gasteiger partial charge < -0.3 is 4.90 Å². The molecule has 0 radical (unpaired) electrons. The molecule has 0 fully saturated rings. The standard InChI is InChI=1S/C38H47N5/c1-5-8-11-30(4)31-12-18-34(19-13-31)39-40-35-20-14-32(15-21-35)33-16-22-36(23-17-33)41-42-37-24-26-38(27-25-37)43(28-9-6-2)29-10-7-3/h12-27,30H,5-11,28-29H2,1-4H3. The zero-order chi connectivity index (χ0) is 30.3. The minimum Gasteiger partial charge on any atom is -0.372 e. The topological polar surface area (TPSA) is 52.7 Å². The first kappa shape index (κ1) is 31.8. The summed E-state index contributed by atoms with van der Waals surface area (Å²) in [6, 6.07) is 33.2. The Hall–Kier alpha value is -4.12. The number of unbranched alkanes of at least 4 members (excludes halogenated alkanes) is 3. The van der Waals surface area contributed by atoms with Gasteiger partial charge in [-0.05, 0) is 103 Å². The number of azo groups is 2. The SMILES string of the molecule is CCCCC(C)c1ccc(N=Nc2ccc(-c3ccc(N=Nc4ccc(N(CCCC)CCCC)cc4)cc3)cc2)cc1. The molecule has 0 saturated heterocycles. The Morgan fingerprint density at radius 1 is 0.488 bits per heavy atom. The molecular formula is C38H47N5. The summed E-state index contributed by atoms with van der Waals surface area (Å²) in [6.07, 6.45) is 8.57.